The summed E-state index contributed by atoms with van der Waals surface area (Å²) in [6.45, 7) is 9.74. The quantitative estimate of drug-likeness (QED) is 0.249. The van der Waals surface area contributed by atoms with Crippen LogP contribution < -0.4 is 20.7 Å². The van der Waals surface area contributed by atoms with Crippen molar-refractivity contribution in [2.45, 2.75) is 13.3 Å². The summed E-state index contributed by atoms with van der Waals surface area (Å²) in [6, 6.07) is 2.34. The molecule has 0 radical (unpaired) electrons. The molecule has 0 saturated carbocycles. The van der Waals surface area contributed by atoms with Gasteiger partial charge in [-0.2, -0.15) is 4.98 Å². The largest absolute Gasteiger partial charge is 0.460 e. The van der Waals surface area contributed by atoms with E-state index in [1.807, 2.05) is 6.20 Å². The number of methoxy groups -OCH3 is 1. The van der Waals surface area contributed by atoms with Gasteiger partial charge in [0.1, 0.15) is 12.4 Å². The van der Waals surface area contributed by atoms with Gasteiger partial charge < -0.3 is 39.6 Å². The first-order valence-electron chi connectivity index (χ1n) is 12.9. The molecule has 38 heavy (non-hydrogen) atoms. The Morgan fingerprint density at radius 3 is 2.29 bits per heavy atom. The van der Waals surface area contributed by atoms with E-state index in [9.17, 15) is 0 Å². The monoisotopic (exact) mass is 530 g/mol. The minimum absolute atomic E-state index is 0.172. The number of anilines is 2. The van der Waals surface area contributed by atoms with Crippen molar-refractivity contribution in [3.63, 3.8) is 0 Å². The third kappa shape index (κ3) is 7.95. The number of piperazine rings is 1. The number of nitrogen functional groups attached to an aromatic ring is 1. The number of nitrogens with two attached hydrogens (primary N) is 1. The maximum absolute atomic E-state index is 6.12. The first-order chi connectivity index (χ1) is 18.7. The molecule has 0 atom stereocenters. The topological polar surface area (TPSA) is 143 Å². The molecule has 0 unspecified atom stereocenters. The number of fused-ring (bicyclic) bond motifs is 1. The molecule has 13 heteroatoms. The van der Waals surface area contributed by atoms with Crippen molar-refractivity contribution in [3.8, 4) is 6.01 Å². The van der Waals surface area contributed by atoms with Crippen LogP contribution in [-0.2, 0) is 25.4 Å². The number of imidazole rings is 1. The molecule has 1 aliphatic heterocycles. The molecule has 208 valence electrons. The maximum Gasteiger partial charge on any atom is 0.336 e. The summed E-state index contributed by atoms with van der Waals surface area (Å²) in [4.78, 5) is 15.7. The lowest BCUT2D eigenvalue weighted by Gasteiger charge is -2.29. The van der Waals surface area contributed by atoms with E-state index in [4.69, 9.17) is 34.4 Å². The SMILES string of the molecule is COCCOCCOCCOCCOc1nc(N)c2ncc(Cc3cnc(N4CCNCC4)c(C)c3)n2n1. The Balaban J connectivity index is 1.25. The first kappa shape index (κ1) is 27.9. The second kappa shape index (κ2) is 14.7. The molecule has 0 bridgehead atoms. The minimum Gasteiger partial charge on any atom is -0.460 e. The average molecular weight is 531 g/mol. The van der Waals surface area contributed by atoms with Gasteiger partial charge in [0.25, 0.3) is 0 Å². The van der Waals surface area contributed by atoms with Gasteiger partial charge in [0.15, 0.2) is 11.5 Å². The number of rotatable bonds is 16. The number of hydrogen-bond donors (Lipinski definition) is 2. The molecule has 3 aromatic rings. The van der Waals surface area contributed by atoms with Crippen molar-refractivity contribution >= 4 is 17.3 Å². The molecule has 4 heterocycles. The summed E-state index contributed by atoms with van der Waals surface area (Å²) in [5, 5.41) is 7.87. The van der Waals surface area contributed by atoms with E-state index in [0.717, 1.165) is 48.8 Å². The summed E-state index contributed by atoms with van der Waals surface area (Å²) in [6.07, 6.45) is 4.28. The highest BCUT2D eigenvalue weighted by molar-refractivity contribution is 5.60. The number of aryl methyl sites for hydroxylation is 1. The highest BCUT2D eigenvalue weighted by atomic mass is 16.6. The molecule has 0 amide bonds. The number of aromatic nitrogens is 5. The number of pyridine rings is 1. The zero-order valence-corrected chi connectivity index (χ0v) is 22.2. The summed E-state index contributed by atoms with van der Waals surface area (Å²) in [5.74, 6) is 1.29. The second-order valence-electron chi connectivity index (χ2n) is 8.84. The fourth-order valence-corrected chi connectivity index (χ4v) is 4.13. The van der Waals surface area contributed by atoms with Crippen LogP contribution in [-0.4, -0.2) is 111 Å². The molecule has 1 fully saturated rings. The lowest BCUT2D eigenvalue weighted by atomic mass is 10.1. The number of ether oxygens (including phenoxy) is 5. The third-order valence-corrected chi connectivity index (χ3v) is 5.98. The van der Waals surface area contributed by atoms with Crippen LogP contribution in [0.4, 0.5) is 11.6 Å². The van der Waals surface area contributed by atoms with Crippen LogP contribution in [0.5, 0.6) is 6.01 Å². The smallest absolute Gasteiger partial charge is 0.336 e. The van der Waals surface area contributed by atoms with Gasteiger partial charge in [-0.3, -0.25) is 0 Å². The van der Waals surface area contributed by atoms with Crippen LogP contribution in [0.15, 0.2) is 18.5 Å². The summed E-state index contributed by atoms with van der Waals surface area (Å²) in [7, 11) is 1.64. The summed E-state index contributed by atoms with van der Waals surface area (Å²) in [5.41, 5.74) is 9.71. The van der Waals surface area contributed by atoms with Crippen LogP contribution in [0, 0.1) is 6.92 Å². The van der Waals surface area contributed by atoms with E-state index in [-0.39, 0.29) is 18.4 Å². The van der Waals surface area contributed by atoms with Gasteiger partial charge >= 0.3 is 6.01 Å². The van der Waals surface area contributed by atoms with Crippen molar-refractivity contribution < 1.29 is 23.7 Å². The fourth-order valence-electron chi connectivity index (χ4n) is 4.13. The molecule has 0 spiro atoms. The van der Waals surface area contributed by atoms with Gasteiger partial charge in [-0.05, 0) is 18.1 Å². The second-order valence-corrected chi connectivity index (χ2v) is 8.84. The van der Waals surface area contributed by atoms with Gasteiger partial charge in [-0.1, -0.05) is 6.07 Å². The lowest BCUT2D eigenvalue weighted by molar-refractivity contribution is -0.000220. The lowest BCUT2D eigenvalue weighted by Crippen LogP contribution is -2.44. The normalized spacial score (nSPS) is 13.9. The maximum atomic E-state index is 6.12. The zero-order chi connectivity index (χ0) is 26.6. The van der Waals surface area contributed by atoms with Crippen LogP contribution in [0.25, 0.3) is 5.65 Å². The van der Waals surface area contributed by atoms with Crippen molar-refractivity contribution in [3.05, 3.63) is 35.3 Å². The van der Waals surface area contributed by atoms with Gasteiger partial charge in [0.2, 0.25) is 0 Å². The summed E-state index contributed by atoms with van der Waals surface area (Å²) >= 11 is 0. The standard InChI is InChI=1S/C25H38N8O5/c1-19-15-20(17-28-23(19)32-5-3-27-4-6-32)16-21-18-29-24-22(26)30-25(31-33(21)24)38-14-13-37-12-11-36-10-9-35-8-7-34-2/h15,17-18,27H,3-14,16H2,1-2H3,(H2,26,30,31). The van der Waals surface area contributed by atoms with Gasteiger partial charge in [0.05, 0.1) is 58.1 Å². The number of hydrogen-bond acceptors (Lipinski definition) is 12. The Morgan fingerprint density at radius 2 is 1.61 bits per heavy atom. The van der Waals surface area contributed by atoms with E-state index in [1.165, 1.54) is 0 Å². The third-order valence-electron chi connectivity index (χ3n) is 5.98. The number of nitrogens with zero attached hydrogens (tertiary/aromatic N) is 6. The fraction of sp³-hybridized carbons (Fsp3) is 0.600. The molecule has 1 aliphatic rings. The predicted molar refractivity (Wildman–Crippen MR) is 142 cm³/mol. The molecule has 0 aliphatic carbocycles. The molecular formula is C25H38N8O5. The van der Waals surface area contributed by atoms with Gasteiger partial charge in [-0.25, -0.2) is 14.5 Å². The van der Waals surface area contributed by atoms with E-state index in [0.29, 0.717) is 58.3 Å². The predicted octanol–water partition coefficient (Wildman–Crippen LogP) is 0.485. The van der Waals surface area contributed by atoms with Gasteiger partial charge in [0, 0.05) is 45.9 Å². The zero-order valence-electron chi connectivity index (χ0n) is 22.2. The molecular weight excluding hydrogens is 492 g/mol. The van der Waals surface area contributed by atoms with E-state index in [2.05, 4.69) is 38.3 Å². The Morgan fingerprint density at radius 1 is 0.921 bits per heavy atom. The highest BCUT2D eigenvalue weighted by Crippen LogP contribution is 2.21. The van der Waals surface area contributed by atoms with Crippen LogP contribution in [0.3, 0.4) is 0 Å². The minimum atomic E-state index is 0.172. The van der Waals surface area contributed by atoms with E-state index in [1.54, 1.807) is 17.8 Å². The van der Waals surface area contributed by atoms with Crippen molar-refractivity contribution in [2.24, 2.45) is 0 Å². The van der Waals surface area contributed by atoms with Crippen LogP contribution in [0.1, 0.15) is 16.8 Å². The Bertz CT molecular complexity index is 1140. The van der Waals surface area contributed by atoms with Crippen LogP contribution >= 0.6 is 0 Å². The Hall–Kier alpha value is -3.10. The molecule has 1 saturated heterocycles. The summed E-state index contributed by atoms with van der Waals surface area (Å²) < 4.78 is 28.6. The molecule has 0 aromatic carbocycles. The Labute approximate surface area is 222 Å². The highest BCUT2D eigenvalue weighted by Gasteiger charge is 2.16. The van der Waals surface area contributed by atoms with E-state index >= 15 is 0 Å². The Kier molecular flexibility index (Phi) is 10.8. The number of nitrogens with one attached hydrogen (secondary N) is 1. The molecule has 3 aromatic heterocycles. The van der Waals surface area contributed by atoms with E-state index < -0.39 is 0 Å². The van der Waals surface area contributed by atoms with Crippen LogP contribution in [0.2, 0.25) is 0 Å². The molecule has 4 rings (SSSR count). The molecule has 3 N–H and O–H groups in total. The average Bonchev–Trinajstić information content (AvgIpc) is 3.33. The van der Waals surface area contributed by atoms with Crippen molar-refractivity contribution in [1.82, 2.24) is 29.9 Å². The molecule has 13 nitrogen and oxygen atoms in total. The van der Waals surface area contributed by atoms with Crippen molar-refractivity contribution in [1.29, 1.82) is 0 Å². The van der Waals surface area contributed by atoms with Crippen molar-refractivity contribution in [2.75, 3.05) is 96.8 Å². The van der Waals surface area contributed by atoms with Gasteiger partial charge in [-0.15, -0.1) is 5.10 Å². The first-order valence-corrected chi connectivity index (χ1v) is 12.9.